The first kappa shape index (κ1) is 22.2. The first-order valence-electron chi connectivity index (χ1n) is 10.8. The average molecular weight is 481 g/mol. The van der Waals surface area contributed by atoms with Gasteiger partial charge in [0.2, 0.25) is 5.91 Å². The molecule has 2 aliphatic heterocycles. The van der Waals surface area contributed by atoms with Gasteiger partial charge in [0, 0.05) is 17.8 Å². The van der Waals surface area contributed by atoms with Crippen LogP contribution in [0.3, 0.4) is 0 Å². The molecule has 0 radical (unpaired) electrons. The van der Waals surface area contributed by atoms with Crippen LogP contribution in [0, 0.1) is 5.82 Å². The van der Waals surface area contributed by atoms with Gasteiger partial charge in [0.1, 0.15) is 5.82 Å². The smallest absolute Gasteiger partial charge is 0.254 e. The number of nitrogens with zero attached hydrogens (tertiary/aromatic N) is 1. The van der Waals surface area contributed by atoms with Crippen LogP contribution in [0.4, 0.5) is 10.1 Å². The summed E-state index contributed by atoms with van der Waals surface area (Å²) in [4.78, 5) is 28.9. The maximum atomic E-state index is 13.7. The maximum Gasteiger partial charge on any atom is 0.254 e. The molecule has 0 aliphatic carbocycles. The summed E-state index contributed by atoms with van der Waals surface area (Å²) < 4.78 is 24.6. The van der Waals surface area contributed by atoms with Crippen molar-refractivity contribution in [2.24, 2.45) is 0 Å². The van der Waals surface area contributed by atoms with Gasteiger partial charge < -0.3 is 19.7 Å². The lowest BCUT2D eigenvalue weighted by molar-refractivity contribution is -0.119. The second-order valence-electron chi connectivity index (χ2n) is 8.28. The van der Waals surface area contributed by atoms with E-state index in [-0.39, 0.29) is 16.8 Å². The molecule has 6 nitrogen and oxygen atoms in total. The fourth-order valence-corrected chi connectivity index (χ4v) is 5.11. The first-order chi connectivity index (χ1) is 16.4. The fraction of sp³-hybridized carbons (Fsp3) is 0.231. The van der Waals surface area contributed by atoms with E-state index in [0.29, 0.717) is 41.3 Å². The summed E-state index contributed by atoms with van der Waals surface area (Å²) in [6.07, 6.45) is 0.627. The fourth-order valence-electron chi connectivity index (χ4n) is 4.93. The van der Waals surface area contributed by atoms with Crippen molar-refractivity contribution in [3.63, 3.8) is 0 Å². The van der Waals surface area contributed by atoms with E-state index in [1.54, 1.807) is 31.3 Å². The third-order valence-electron chi connectivity index (χ3n) is 6.49. The molecule has 5 rings (SSSR count). The van der Waals surface area contributed by atoms with Crippen LogP contribution >= 0.6 is 11.6 Å². The van der Waals surface area contributed by atoms with E-state index in [9.17, 15) is 14.0 Å². The summed E-state index contributed by atoms with van der Waals surface area (Å²) in [6, 6.07) is 14.4. The van der Waals surface area contributed by atoms with Gasteiger partial charge in [-0.1, -0.05) is 29.8 Å². The zero-order valence-corrected chi connectivity index (χ0v) is 19.4. The summed E-state index contributed by atoms with van der Waals surface area (Å²) in [7, 11) is 3.12. The van der Waals surface area contributed by atoms with Gasteiger partial charge in [0.25, 0.3) is 5.91 Å². The van der Waals surface area contributed by atoms with Crippen molar-refractivity contribution in [1.82, 2.24) is 4.90 Å². The molecular weight excluding hydrogens is 459 g/mol. The van der Waals surface area contributed by atoms with Gasteiger partial charge in [-0.2, -0.15) is 0 Å². The van der Waals surface area contributed by atoms with Crippen LogP contribution in [0.15, 0.2) is 54.6 Å². The van der Waals surface area contributed by atoms with Gasteiger partial charge in [0.15, 0.2) is 11.5 Å². The van der Waals surface area contributed by atoms with Crippen molar-refractivity contribution in [3.05, 3.63) is 87.7 Å². The van der Waals surface area contributed by atoms with E-state index in [1.807, 2.05) is 24.3 Å². The second kappa shape index (κ2) is 8.65. The van der Waals surface area contributed by atoms with Crippen molar-refractivity contribution < 1.29 is 23.5 Å². The number of carbonyl (C=O) groups excluding carboxylic acids is 2. The number of amides is 2. The zero-order valence-electron chi connectivity index (χ0n) is 18.6. The number of nitrogens with one attached hydrogen (secondary N) is 1. The molecule has 0 unspecified atom stereocenters. The van der Waals surface area contributed by atoms with E-state index in [2.05, 4.69) is 5.32 Å². The van der Waals surface area contributed by atoms with Crippen LogP contribution < -0.4 is 14.8 Å². The molecule has 8 heteroatoms. The Balaban J connectivity index is 1.64. The third kappa shape index (κ3) is 3.56. The van der Waals surface area contributed by atoms with Gasteiger partial charge >= 0.3 is 0 Å². The van der Waals surface area contributed by atoms with Crippen molar-refractivity contribution in [3.8, 4) is 11.5 Å². The predicted molar refractivity (Wildman–Crippen MR) is 126 cm³/mol. The Hall–Kier alpha value is -3.58. The number of carbonyl (C=O) groups is 2. The zero-order chi connectivity index (χ0) is 24.0. The van der Waals surface area contributed by atoms with E-state index in [0.717, 1.165) is 11.1 Å². The molecule has 0 bridgehead atoms. The molecule has 0 spiro atoms. The van der Waals surface area contributed by atoms with E-state index in [4.69, 9.17) is 21.1 Å². The highest BCUT2D eigenvalue weighted by molar-refractivity contribution is 6.31. The second-order valence-corrected chi connectivity index (χ2v) is 8.69. The van der Waals surface area contributed by atoms with Crippen LogP contribution in [0.1, 0.15) is 39.0 Å². The van der Waals surface area contributed by atoms with Crippen LogP contribution in [0.5, 0.6) is 11.5 Å². The molecule has 0 fully saturated rings. The molecular formula is C26H22ClFN2O4. The summed E-state index contributed by atoms with van der Waals surface area (Å²) in [6.45, 7) is 0.465. The normalized spacial score (nSPS) is 18.5. The van der Waals surface area contributed by atoms with Crippen LogP contribution in [0.2, 0.25) is 5.02 Å². The molecule has 0 saturated carbocycles. The Kier molecular flexibility index (Phi) is 5.65. The van der Waals surface area contributed by atoms with Gasteiger partial charge in [0.05, 0.1) is 31.2 Å². The van der Waals surface area contributed by atoms with Crippen LogP contribution in [-0.2, 0) is 11.2 Å². The minimum atomic E-state index is -0.699. The number of benzene rings is 3. The summed E-state index contributed by atoms with van der Waals surface area (Å²) in [5.41, 5.74) is 3.35. The lowest BCUT2D eigenvalue weighted by Crippen LogP contribution is -2.49. The van der Waals surface area contributed by atoms with Gasteiger partial charge in [-0.25, -0.2) is 4.39 Å². The minimum absolute atomic E-state index is 0.0847. The Labute approximate surface area is 201 Å². The number of hydrogen-bond donors (Lipinski definition) is 1. The highest BCUT2D eigenvalue weighted by Gasteiger charge is 2.46. The van der Waals surface area contributed by atoms with Crippen molar-refractivity contribution in [2.45, 2.75) is 18.4 Å². The number of anilines is 1. The average Bonchev–Trinajstić information content (AvgIpc) is 2.85. The molecule has 2 heterocycles. The van der Waals surface area contributed by atoms with Crippen molar-refractivity contribution in [2.75, 3.05) is 26.1 Å². The van der Waals surface area contributed by atoms with E-state index >= 15 is 0 Å². The monoisotopic (exact) mass is 480 g/mol. The molecule has 34 heavy (non-hydrogen) atoms. The topological polar surface area (TPSA) is 67.9 Å². The molecule has 3 aromatic rings. The Morgan fingerprint density at radius 2 is 1.79 bits per heavy atom. The van der Waals surface area contributed by atoms with E-state index < -0.39 is 17.8 Å². The summed E-state index contributed by atoms with van der Waals surface area (Å²) in [5, 5.41) is 2.78. The number of fused-ring (bicyclic) bond motifs is 4. The lowest BCUT2D eigenvalue weighted by atomic mass is 9.75. The molecule has 2 aliphatic rings. The van der Waals surface area contributed by atoms with Crippen molar-refractivity contribution >= 4 is 29.1 Å². The van der Waals surface area contributed by atoms with Gasteiger partial charge in [-0.3, -0.25) is 9.59 Å². The number of methoxy groups -OCH3 is 2. The molecule has 174 valence electrons. The Bertz CT molecular complexity index is 1310. The largest absolute Gasteiger partial charge is 0.493 e. The Morgan fingerprint density at radius 3 is 2.53 bits per heavy atom. The number of ether oxygens (including phenoxy) is 2. The highest BCUT2D eigenvalue weighted by atomic mass is 35.5. The lowest BCUT2D eigenvalue weighted by Gasteiger charge is -2.45. The van der Waals surface area contributed by atoms with Crippen LogP contribution in [0.25, 0.3) is 0 Å². The van der Waals surface area contributed by atoms with Gasteiger partial charge in [-0.15, -0.1) is 0 Å². The molecule has 2 atom stereocenters. The molecule has 1 N–H and O–H groups in total. The highest BCUT2D eigenvalue weighted by Crippen LogP contribution is 2.48. The standard InChI is InChI=1S/C26H22ClFN2O4/c1-33-21-11-14-9-10-30-24(18(14)13-22(21)34-2)23(16-5-3-4-6-17(16)26(30)32)25(31)29-15-7-8-20(28)19(27)12-15/h3-8,11-13,23-24H,9-10H2,1-2H3,(H,29,31)/t23-,24-/m0/s1. The number of rotatable bonds is 4. The van der Waals surface area contributed by atoms with Gasteiger partial charge in [-0.05, 0) is 59.5 Å². The minimum Gasteiger partial charge on any atom is -0.493 e. The molecule has 3 aromatic carbocycles. The number of halogens is 2. The SMILES string of the molecule is COc1cc2c(cc1OC)[C@H]1[C@@H](C(=O)Nc3ccc(F)c(Cl)c3)c3ccccc3C(=O)N1CC2. The van der Waals surface area contributed by atoms with Crippen molar-refractivity contribution in [1.29, 1.82) is 0 Å². The first-order valence-corrected chi connectivity index (χ1v) is 11.2. The van der Waals surface area contributed by atoms with E-state index in [1.165, 1.54) is 18.2 Å². The third-order valence-corrected chi connectivity index (χ3v) is 6.78. The molecule has 0 aromatic heterocycles. The quantitative estimate of drug-likeness (QED) is 0.572. The molecule has 0 saturated heterocycles. The molecule has 2 amide bonds. The Morgan fingerprint density at radius 1 is 1.06 bits per heavy atom. The van der Waals surface area contributed by atoms with Crippen LogP contribution in [-0.4, -0.2) is 37.5 Å². The maximum absolute atomic E-state index is 13.7. The predicted octanol–water partition coefficient (Wildman–Crippen LogP) is 4.97. The number of hydrogen-bond acceptors (Lipinski definition) is 4. The summed E-state index contributed by atoms with van der Waals surface area (Å²) in [5.74, 6) is -0.579. The summed E-state index contributed by atoms with van der Waals surface area (Å²) >= 11 is 5.92.